The molecule has 0 radical (unpaired) electrons. The van der Waals surface area contributed by atoms with E-state index in [2.05, 4.69) is 44.3 Å². The van der Waals surface area contributed by atoms with E-state index in [0.717, 1.165) is 31.7 Å². The number of para-hydroxylation sites is 1. The van der Waals surface area contributed by atoms with Crippen molar-refractivity contribution in [2.24, 2.45) is 0 Å². The molecule has 0 bridgehead atoms. The van der Waals surface area contributed by atoms with Crippen LogP contribution >= 0.6 is 0 Å². The van der Waals surface area contributed by atoms with Crippen LogP contribution in [0.2, 0.25) is 0 Å². The number of fused-ring (bicyclic) bond motifs is 1. The van der Waals surface area contributed by atoms with Gasteiger partial charge in [0.15, 0.2) is 0 Å². The van der Waals surface area contributed by atoms with Crippen molar-refractivity contribution in [3.8, 4) is 5.75 Å². The highest BCUT2D eigenvalue weighted by atomic mass is 16.5. The van der Waals surface area contributed by atoms with E-state index in [1.807, 2.05) is 0 Å². The standard InChI is InChI=1S/C15H23NO/c1-4-16-12(3)11(2)14-9-5-7-13-8-6-10-17-15(13)14/h5,7,9,11-12,16H,4,6,8,10H2,1-3H3. The lowest BCUT2D eigenvalue weighted by molar-refractivity contribution is 0.282. The minimum atomic E-state index is 0.483. The molecule has 17 heavy (non-hydrogen) atoms. The number of rotatable bonds is 4. The molecule has 2 heteroatoms. The summed E-state index contributed by atoms with van der Waals surface area (Å²) in [4.78, 5) is 0. The summed E-state index contributed by atoms with van der Waals surface area (Å²) in [6, 6.07) is 7.06. The van der Waals surface area contributed by atoms with Gasteiger partial charge in [-0.15, -0.1) is 0 Å². The Morgan fingerprint density at radius 1 is 1.35 bits per heavy atom. The SMILES string of the molecule is CCNC(C)C(C)c1cccc2c1OCCC2. The zero-order chi connectivity index (χ0) is 12.3. The largest absolute Gasteiger partial charge is 0.493 e. The summed E-state index contributed by atoms with van der Waals surface area (Å²) in [5.41, 5.74) is 2.74. The first-order valence-electron chi connectivity index (χ1n) is 6.72. The van der Waals surface area contributed by atoms with Crippen LogP contribution in [0.5, 0.6) is 5.75 Å². The topological polar surface area (TPSA) is 21.3 Å². The molecule has 2 rings (SSSR count). The van der Waals surface area contributed by atoms with Crippen molar-refractivity contribution in [1.29, 1.82) is 0 Å². The smallest absolute Gasteiger partial charge is 0.125 e. The highest BCUT2D eigenvalue weighted by Gasteiger charge is 2.21. The van der Waals surface area contributed by atoms with Gasteiger partial charge in [-0.05, 0) is 43.4 Å². The van der Waals surface area contributed by atoms with Crippen LogP contribution in [0.3, 0.4) is 0 Å². The van der Waals surface area contributed by atoms with Gasteiger partial charge in [0.1, 0.15) is 5.75 Å². The van der Waals surface area contributed by atoms with Gasteiger partial charge in [0, 0.05) is 6.04 Å². The van der Waals surface area contributed by atoms with Crippen molar-refractivity contribution < 1.29 is 4.74 Å². The fraction of sp³-hybridized carbons (Fsp3) is 0.600. The lowest BCUT2D eigenvalue weighted by Gasteiger charge is -2.27. The Balaban J connectivity index is 2.25. The molecule has 0 aliphatic carbocycles. The predicted octanol–water partition coefficient (Wildman–Crippen LogP) is 3.11. The van der Waals surface area contributed by atoms with Crippen LogP contribution < -0.4 is 10.1 Å². The zero-order valence-electron chi connectivity index (χ0n) is 11.1. The first kappa shape index (κ1) is 12.4. The predicted molar refractivity (Wildman–Crippen MR) is 71.8 cm³/mol. The number of ether oxygens (including phenoxy) is 1. The average molecular weight is 233 g/mol. The number of hydrogen-bond donors (Lipinski definition) is 1. The molecule has 0 saturated carbocycles. The third-order valence-electron chi connectivity index (χ3n) is 3.73. The Morgan fingerprint density at radius 2 is 2.18 bits per heavy atom. The Hall–Kier alpha value is -1.02. The van der Waals surface area contributed by atoms with E-state index in [0.29, 0.717) is 12.0 Å². The molecular weight excluding hydrogens is 210 g/mol. The first-order chi connectivity index (χ1) is 8.24. The van der Waals surface area contributed by atoms with Crippen molar-refractivity contribution in [3.05, 3.63) is 29.3 Å². The highest BCUT2D eigenvalue weighted by Crippen LogP contribution is 2.34. The van der Waals surface area contributed by atoms with Gasteiger partial charge in [-0.3, -0.25) is 0 Å². The Morgan fingerprint density at radius 3 is 2.94 bits per heavy atom. The number of nitrogens with one attached hydrogen (secondary N) is 1. The Bertz CT molecular complexity index is 375. The van der Waals surface area contributed by atoms with E-state index in [1.54, 1.807) is 0 Å². The van der Waals surface area contributed by atoms with Gasteiger partial charge in [0.05, 0.1) is 6.61 Å². The molecule has 1 heterocycles. The average Bonchev–Trinajstić information content (AvgIpc) is 2.37. The zero-order valence-corrected chi connectivity index (χ0v) is 11.1. The van der Waals surface area contributed by atoms with E-state index in [-0.39, 0.29) is 0 Å². The van der Waals surface area contributed by atoms with Crippen molar-refractivity contribution in [2.75, 3.05) is 13.2 Å². The van der Waals surface area contributed by atoms with Gasteiger partial charge in [-0.1, -0.05) is 32.0 Å². The summed E-state index contributed by atoms with van der Waals surface area (Å²) in [5.74, 6) is 1.64. The summed E-state index contributed by atoms with van der Waals surface area (Å²) in [5, 5.41) is 3.49. The number of benzene rings is 1. The molecule has 94 valence electrons. The van der Waals surface area contributed by atoms with Gasteiger partial charge < -0.3 is 10.1 Å². The molecule has 0 amide bonds. The molecule has 0 aromatic heterocycles. The second kappa shape index (κ2) is 5.54. The molecule has 0 fully saturated rings. The third kappa shape index (κ3) is 2.63. The Labute approximate surface area is 104 Å². The van der Waals surface area contributed by atoms with E-state index in [4.69, 9.17) is 4.74 Å². The van der Waals surface area contributed by atoms with Crippen LogP contribution in [-0.2, 0) is 6.42 Å². The van der Waals surface area contributed by atoms with Crippen LogP contribution in [-0.4, -0.2) is 19.2 Å². The molecule has 2 nitrogen and oxygen atoms in total. The van der Waals surface area contributed by atoms with Gasteiger partial charge in [-0.25, -0.2) is 0 Å². The number of hydrogen-bond acceptors (Lipinski definition) is 2. The lowest BCUT2D eigenvalue weighted by atomic mass is 9.90. The molecule has 0 spiro atoms. The second-order valence-electron chi connectivity index (χ2n) is 4.92. The van der Waals surface area contributed by atoms with E-state index in [1.165, 1.54) is 11.1 Å². The van der Waals surface area contributed by atoms with Crippen LogP contribution in [0.1, 0.15) is 44.2 Å². The van der Waals surface area contributed by atoms with Crippen molar-refractivity contribution in [2.45, 2.75) is 45.6 Å². The Kier molecular flexibility index (Phi) is 4.06. The molecule has 1 aliphatic heterocycles. The van der Waals surface area contributed by atoms with Crippen LogP contribution in [0.15, 0.2) is 18.2 Å². The quantitative estimate of drug-likeness (QED) is 0.862. The molecule has 1 aliphatic rings. The maximum Gasteiger partial charge on any atom is 0.125 e. The van der Waals surface area contributed by atoms with Gasteiger partial charge in [0.25, 0.3) is 0 Å². The number of aryl methyl sites for hydroxylation is 1. The van der Waals surface area contributed by atoms with Crippen molar-refractivity contribution in [1.82, 2.24) is 5.32 Å². The van der Waals surface area contributed by atoms with E-state index < -0.39 is 0 Å². The van der Waals surface area contributed by atoms with Gasteiger partial charge in [0.2, 0.25) is 0 Å². The number of likely N-dealkylation sites (N-methyl/N-ethyl adjacent to an activating group) is 1. The fourth-order valence-corrected chi connectivity index (χ4v) is 2.54. The normalized spacial score (nSPS) is 18.1. The van der Waals surface area contributed by atoms with Crippen LogP contribution in [0, 0.1) is 0 Å². The molecule has 1 aromatic carbocycles. The third-order valence-corrected chi connectivity index (χ3v) is 3.73. The summed E-state index contributed by atoms with van der Waals surface area (Å²) < 4.78 is 5.88. The van der Waals surface area contributed by atoms with Crippen LogP contribution in [0.4, 0.5) is 0 Å². The summed E-state index contributed by atoms with van der Waals surface area (Å²) in [6.45, 7) is 8.56. The van der Waals surface area contributed by atoms with Crippen LogP contribution in [0.25, 0.3) is 0 Å². The summed E-state index contributed by atoms with van der Waals surface area (Å²) in [7, 11) is 0. The lowest BCUT2D eigenvalue weighted by Crippen LogP contribution is -2.31. The minimum absolute atomic E-state index is 0.483. The maximum atomic E-state index is 5.88. The first-order valence-corrected chi connectivity index (χ1v) is 6.72. The molecular formula is C15H23NO. The molecule has 0 saturated heterocycles. The van der Waals surface area contributed by atoms with E-state index in [9.17, 15) is 0 Å². The van der Waals surface area contributed by atoms with Crippen molar-refractivity contribution >= 4 is 0 Å². The van der Waals surface area contributed by atoms with Crippen molar-refractivity contribution in [3.63, 3.8) is 0 Å². The molecule has 2 atom stereocenters. The molecule has 2 unspecified atom stereocenters. The van der Waals surface area contributed by atoms with E-state index >= 15 is 0 Å². The second-order valence-corrected chi connectivity index (χ2v) is 4.92. The summed E-state index contributed by atoms with van der Waals surface area (Å²) >= 11 is 0. The van der Waals surface area contributed by atoms with Gasteiger partial charge >= 0.3 is 0 Å². The maximum absolute atomic E-state index is 5.88. The molecule has 1 N–H and O–H groups in total. The highest BCUT2D eigenvalue weighted by molar-refractivity contribution is 5.45. The monoisotopic (exact) mass is 233 g/mol. The summed E-state index contributed by atoms with van der Waals surface area (Å²) in [6.07, 6.45) is 2.30. The fourth-order valence-electron chi connectivity index (χ4n) is 2.54. The van der Waals surface area contributed by atoms with Gasteiger partial charge in [-0.2, -0.15) is 0 Å². The minimum Gasteiger partial charge on any atom is -0.493 e. The molecule has 1 aromatic rings.